The predicted molar refractivity (Wildman–Crippen MR) is 139 cm³/mol. The Bertz CT molecular complexity index is 780. The number of alkyl carbamates (subject to hydrolysis) is 1. The molecule has 2 fully saturated rings. The Labute approximate surface area is 215 Å². The van der Waals surface area contributed by atoms with Crippen molar-refractivity contribution in [1.82, 2.24) is 10.6 Å². The van der Waals surface area contributed by atoms with E-state index in [1.165, 1.54) is 64.2 Å². The minimum Gasteiger partial charge on any atom is -0.480 e. The number of amides is 1. The fraction of sp³-hybridized carbons (Fsp3) is 0.679. The van der Waals surface area contributed by atoms with Gasteiger partial charge in [-0.25, -0.2) is 9.59 Å². The lowest BCUT2D eigenvalue weighted by Crippen LogP contribution is -2.43. The van der Waals surface area contributed by atoms with Crippen LogP contribution in [0.15, 0.2) is 30.3 Å². The number of hydrogen-bond acceptors (Lipinski definition) is 6. The number of carboxylic acid groups (broad SMARTS) is 1. The quantitative estimate of drug-likeness (QED) is 0.410. The highest BCUT2D eigenvalue weighted by Gasteiger charge is 2.27. The second kappa shape index (κ2) is 15.5. The molecule has 2 saturated carbocycles. The Kier molecular flexibility index (Phi) is 12.7. The molecule has 1 amide bonds. The summed E-state index contributed by atoms with van der Waals surface area (Å²) in [6.45, 7) is 5.01. The topological polar surface area (TPSA) is 114 Å². The molecule has 3 rings (SSSR count). The molecule has 202 valence electrons. The largest absolute Gasteiger partial charge is 0.480 e. The van der Waals surface area contributed by atoms with Crippen molar-refractivity contribution in [2.75, 3.05) is 0 Å². The van der Waals surface area contributed by atoms with Crippen LogP contribution < -0.4 is 10.6 Å². The monoisotopic (exact) mass is 504 g/mol. The van der Waals surface area contributed by atoms with Gasteiger partial charge >= 0.3 is 18.0 Å². The lowest BCUT2D eigenvalue weighted by molar-refractivity contribution is -0.158. The fourth-order valence-corrected chi connectivity index (χ4v) is 4.53. The number of aliphatic carboxylic acids is 1. The van der Waals surface area contributed by atoms with Crippen molar-refractivity contribution in [3.8, 4) is 0 Å². The molecule has 1 atom stereocenters. The summed E-state index contributed by atoms with van der Waals surface area (Å²) in [4.78, 5) is 34.4. The van der Waals surface area contributed by atoms with E-state index in [1.807, 2.05) is 6.07 Å². The zero-order valence-corrected chi connectivity index (χ0v) is 22.1. The number of carbonyl (C=O) groups is 3. The van der Waals surface area contributed by atoms with Crippen LogP contribution in [-0.2, 0) is 25.7 Å². The lowest BCUT2D eigenvalue weighted by atomic mass is 9.91. The summed E-state index contributed by atoms with van der Waals surface area (Å²) in [6, 6.07) is 9.27. The molecule has 1 aromatic carbocycles. The molecule has 0 bridgehead atoms. The highest BCUT2D eigenvalue weighted by Crippen LogP contribution is 2.22. The highest BCUT2D eigenvalue weighted by atomic mass is 16.6. The summed E-state index contributed by atoms with van der Waals surface area (Å²) in [5.41, 5.74) is 0.0372. The van der Waals surface area contributed by atoms with Crippen LogP contribution in [-0.4, -0.2) is 46.9 Å². The van der Waals surface area contributed by atoms with Crippen molar-refractivity contribution in [2.24, 2.45) is 0 Å². The number of hydrogen-bond donors (Lipinski definition) is 3. The van der Waals surface area contributed by atoms with Gasteiger partial charge in [0.25, 0.3) is 0 Å². The van der Waals surface area contributed by atoms with E-state index in [0.717, 1.165) is 17.6 Å². The number of ether oxygens (including phenoxy) is 2. The lowest BCUT2D eigenvalue weighted by Gasteiger charge is -2.30. The molecule has 3 N–H and O–H groups in total. The van der Waals surface area contributed by atoms with E-state index in [1.54, 1.807) is 45.0 Å². The van der Waals surface area contributed by atoms with E-state index >= 15 is 0 Å². The average Bonchev–Trinajstić information content (AvgIpc) is 2.83. The second-order valence-electron chi connectivity index (χ2n) is 10.7. The van der Waals surface area contributed by atoms with Gasteiger partial charge < -0.3 is 25.2 Å². The van der Waals surface area contributed by atoms with E-state index in [9.17, 15) is 14.4 Å². The Morgan fingerprint density at radius 1 is 0.917 bits per heavy atom. The third-order valence-electron chi connectivity index (χ3n) is 6.28. The maximum atomic E-state index is 11.7. The van der Waals surface area contributed by atoms with Crippen molar-refractivity contribution >= 4 is 18.0 Å². The van der Waals surface area contributed by atoms with Crippen LogP contribution >= 0.6 is 0 Å². The maximum absolute atomic E-state index is 11.7. The molecule has 36 heavy (non-hydrogen) atoms. The van der Waals surface area contributed by atoms with E-state index in [0.29, 0.717) is 0 Å². The van der Waals surface area contributed by atoms with Gasteiger partial charge in [0.15, 0.2) is 0 Å². The molecule has 0 aromatic heterocycles. The Morgan fingerprint density at radius 3 is 1.92 bits per heavy atom. The molecular formula is C28H44N2O6. The van der Waals surface area contributed by atoms with Crippen LogP contribution in [0.3, 0.4) is 0 Å². The van der Waals surface area contributed by atoms with E-state index in [2.05, 4.69) is 10.6 Å². The van der Waals surface area contributed by atoms with Gasteiger partial charge in [0.1, 0.15) is 18.2 Å². The van der Waals surface area contributed by atoms with Crippen molar-refractivity contribution in [3.63, 3.8) is 0 Å². The van der Waals surface area contributed by atoms with Gasteiger partial charge in [-0.15, -0.1) is 0 Å². The van der Waals surface area contributed by atoms with Gasteiger partial charge in [0, 0.05) is 12.1 Å². The molecule has 0 aliphatic heterocycles. The third-order valence-corrected chi connectivity index (χ3v) is 6.28. The molecule has 0 radical (unpaired) electrons. The summed E-state index contributed by atoms with van der Waals surface area (Å²) in [7, 11) is 0. The van der Waals surface area contributed by atoms with Crippen molar-refractivity contribution in [1.29, 1.82) is 0 Å². The summed E-state index contributed by atoms with van der Waals surface area (Å²) < 4.78 is 9.96. The number of carboxylic acids is 1. The van der Waals surface area contributed by atoms with E-state index in [-0.39, 0.29) is 6.61 Å². The normalized spacial score (nSPS) is 17.8. The molecule has 8 nitrogen and oxygen atoms in total. The molecule has 0 spiro atoms. The smallest absolute Gasteiger partial charge is 0.408 e. The summed E-state index contributed by atoms with van der Waals surface area (Å²) >= 11 is 0. The van der Waals surface area contributed by atoms with Gasteiger partial charge in [0.2, 0.25) is 0 Å². The fourth-order valence-electron chi connectivity index (χ4n) is 4.53. The summed E-state index contributed by atoms with van der Waals surface area (Å²) in [5, 5.41) is 15.1. The molecule has 2 aliphatic rings. The first-order valence-corrected chi connectivity index (χ1v) is 13.3. The third kappa shape index (κ3) is 12.9. The standard InChI is InChI=1S/C16H21NO6.C12H23N/c1-16(2,3)23-13(18)9-12(14(19)20)17-15(21)22-10-11-7-5-4-6-8-11;1-3-7-11(8-4-1)13-12-9-5-2-6-10-12/h4-8,12H,9-10H2,1-3H3,(H,17,21)(H,19,20);11-13H,1-10H2. The van der Waals surface area contributed by atoms with Gasteiger partial charge in [-0.1, -0.05) is 68.9 Å². The van der Waals surface area contributed by atoms with Gasteiger partial charge in [-0.05, 0) is 52.0 Å². The number of nitrogens with one attached hydrogen (secondary N) is 2. The minimum atomic E-state index is -1.41. The van der Waals surface area contributed by atoms with Crippen molar-refractivity contribution < 1.29 is 29.0 Å². The molecule has 8 heteroatoms. The highest BCUT2D eigenvalue weighted by molar-refractivity contribution is 5.85. The molecule has 0 heterocycles. The van der Waals surface area contributed by atoms with Crippen LogP contribution in [0.2, 0.25) is 0 Å². The minimum absolute atomic E-state index is 0.00541. The first-order chi connectivity index (χ1) is 17.1. The Hall–Kier alpha value is -2.61. The maximum Gasteiger partial charge on any atom is 0.408 e. The van der Waals surface area contributed by atoms with Crippen LogP contribution in [0.4, 0.5) is 4.79 Å². The molecule has 1 aromatic rings. The van der Waals surface area contributed by atoms with Crippen molar-refractivity contribution in [3.05, 3.63) is 35.9 Å². The van der Waals surface area contributed by atoms with Crippen LogP contribution in [0.5, 0.6) is 0 Å². The van der Waals surface area contributed by atoms with Crippen LogP contribution in [0.25, 0.3) is 0 Å². The second-order valence-corrected chi connectivity index (χ2v) is 10.7. The summed E-state index contributed by atoms with van der Waals surface area (Å²) in [5.74, 6) is -2.05. The van der Waals surface area contributed by atoms with Gasteiger partial charge in [0.05, 0.1) is 6.42 Å². The first-order valence-electron chi connectivity index (χ1n) is 13.3. The van der Waals surface area contributed by atoms with Crippen LogP contribution in [0, 0.1) is 0 Å². The number of esters is 1. The molecule has 2 aliphatic carbocycles. The van der Waals surface area contributed by atoms with E-state index in [4.69, 9.17) is 14.6 Å². The predicted octanol–water partition coefficient (Wildman–Crippen LogP) is 5.34. The van der Waals surface area contributed by atoms with E-state index < -0.39 is 36.1 Å². The zero-order valence-electron chi connectivity index (χ0n) is 22.1. The first kappa shape index (κ1) is 29.6. The van der Waals surface area contributed by atoms with Gasteiger partial charge in [-0.3, -0.25) is 4.79 Å². The zero-order chi connectivity index (χ0) is 26.4. The summed E-state index contributed by atoms with van der Waals surface area (Å²) in [6.07, 6.45) is 13.2. The van der Waals surface area contributed by atoms with Crippen LogP contribution in [0.1, 0.15) is 97.0 Å². The Morgan fingerprint density at radius 2 is 1.44 bits per heavy atom. The molecule has 0 saturated heterocycles. The average molecular weight is 505 g/mol. The Balaban J connectivity index is 0.000000293. The van der Waals surface area contributed by atoms with Gasteiger partial charge in [-0.2, -0.15) is 0 Å². The molecule has 1 unspecified atom stereocenters. The number of benzene rings is 1. The molecular weight excluding hydrogens is 460 g/mol. The SMILES string of the molecule is C1CCC(NC2CCCCC2)CC1.CC(C)(C)OC(=O)CC(NC(=O)OCc1ccccc1)C(=O)O. The number of carbonyl (C=O) groups excluding carboxylic acids is 2. The van der Waals surface area contributed by atoms with Crippen molar-refractivity contribution in [2.45, 2.75) is 122 Å². The number of rotatable bonds is 8.